The summed E-state index contributed by atoms with van der Waals surface area (Å²) in [6, 6.07) is 14.9. The molecule has 168 valence electrons. The van der Waals surface area contributed by atoms with Gasteiger partial charge in [0.05, 0.1) is 13.5 Å². The Morgan fingerprint density at radius 1 is 1.00 bits per heavy atom. The molecule has 1 heterocycles. The average molecular weight is 435 g/mol. The topological polar surface area (TPSA) is 66.9 Å². The second-order valence-corrected chi connectivity index (χ2v) is 8.82. The predicted octanol–water partition coefficient (Wildman–Crippen LogP) is 4.25. The minimum absolute atomic E-state index is 0.0265. The van der Waals surface area contributed by atoms with Crippen LogP contribution in [0, 0.1) is 11.8 Å². The van der Waals surface area contributed by atoms with Crippen LogP contribution < -0.4 is 9.64 Å². The van der Waals surface area contributed by atoms with E-state index in [1.807, 2.05) is 48.5 Å². The van der Waals surface area contributed by atoms with Crippen LogP contribution in [0.1, 0.15) is 36.8 Å². The molecule has 0 spiro atoms. The summed E-state index contributed by atoms with van der Waals surface area (Å²) in [5.41, 5.74) is 2.59. The minimum Gasteiger partial charge on any atom is -0.496 e. The highest BCUT2D eigenvalue weighted by Crippen LogP contribution is 2.33. The van der Waals surface area contributed by atoms with E-state index in [4.69, 9.17) is 4.74 Å². The molecule has 0 aromatic heterocycles. The molecule has 0 radical (unpaired) electrons. The second-order valence-electron chi connectivity index (χ2n) is 8.82. The van der Waals surface area contributed by atoms with Gasteiger partial charge in [0, 0.05) is 37.2 Å². The molecule has 6 nitrogen and oxygen atoms in total. The van der Waals surface area contributed by atoms with Gasteiger partial charge < -0.3 is 4.74 Å². The van der Waals surface area contributed by atoms with Gasteiger partial charge in [-0.2, -0.15) is 0 Å². The van der Waals surface area contributed by atoms with E-state index in [0.717, 1.165) is 48.2 Å². The zero-order valence-electron chi connectivity index (χ0n) is 18.8. The van der Waals surface area contributed by atoms with Crippen LogP contribution in [0.2, 0.25) is 0 Å². The van der Waals surface area contributed by atoms with Gasteiger partial charge in [0.25, 0.3) is 0 Å². The van der Waals surface area contributed by atoms with Crippen molar-refractivity contribution in [1.82, 2.24) is 4.90 Å². The zero-order chi connectivity index (χ0) is 22.7. The van der Waals surface area contributed by atoms with Gasteiger partial charge in [0.1, 0.15) is 11.5 Å². The normalized spacial score (nSPS) is 21.2. The summed E-state index contributed by atoms with van der Waals surface area (Å²) in [5.74, 6) is 1.09. The lowest BCUT2D eigenvalue weighted by atomic mass is 9.78. The number of ether oxygens (including phenoxy) is 1. The van der Waals surface area contributed by atoms with Crippen LogP contribution in [0.4, 0.5) is 10.5 Å². The number of Topliss-reactive ketones (excluding diaryl/α,β-unsaturated/α-hetero) is 1. The Labute approximate surface area is 189 Å². The van der Waals surface area contributed by atoms with E-state index < -0.39 is 0 Å². The first-order valence-corrected chi connectivity index (χ1v) is 11.3. The average Bonchev–Trinajstić information content (AvgIpc) is 2.90. The monoisotopic (exact) mass is 434 g/mol. The third kappa shape index (κ3) is 4.54. The Bertz CT molecular complexity index is 1010. The van der Waals surface area contributed by atoms with Gasteiger partial charge in [-0.1, -0.05) is 36.4 Å². The molecule has 32 heavy (non-hydrogen) atoms. The first-order chi connectivity index (χ1) is 15.5. The van der Waals surface area contributed by atoms with Crippen LogP contribution in [0.3, 0.4) is 0 Å². The van der Waals surface area contributed by atoms with E-state index in [1.54, 1.807) is 19.1 Å². The number of carbonyl (C=O) groups excluding carboxylic acids is 3. The largest absolute Gasteiger partial charge is 0.496 e. The van der Waals surface area contributed by atoms with Gasteiger partial charge in [-0.05, 0) is 49.3 Å². The molecule has 0 bridgehead atoms. The molecule has 2 aromatic carbocycles. The van der Waals surface area contributed by atoms with Crippen molar-refractivity contribution < 1.29 is 19.1 Å². The van der Waals surface area contributed by atoms with E-state index in [1.165, 1.54) is 4.90 Å². The maximum absolute atomic E-state index is 13.0. The predicted molar refractivity (Wildman–Crippen MR) is 123 cm³/mol. The van der Waals surface area contributed by atoms with Crippen molar-refractivity contribution in [2.75, 3.05) is 25.6 Å². The molecule has 6 heteroatoms. The maximum atomic E-state index is 13.0. The first-order valence-electron chi connectivity index (χ1n) is 11.3. The van der Waals surface area contributed by atoms with Crippen molar-refractivity contribution in [2.24, 2.45) is 11.8 Å². The van der Waals surface area contributed by atoms with Crippen LogP contribution in [0.5, 0.6) is 5.75 Å². The number of benzene rings is 2. The third-order valence-corrected chi connectivity index (χ3v) is 6.81. The molecule has 1 aliphatic carbocycles. The summed E-state index contributed by atoms with van der Waals surface area (Å²) < 4.78 is 5.37. The number of imide groups is 1. The number of fused-ring (bicyclic) bond motifs is 1. The third-order valence-electron chi connectivity index (χ3n) is 6.81. The Morgan fingerprint density at radius 2 is 1.69 bits per heavy atom. The minimum atomic E-state index is -0.269. The Morgan fingerprint density at radius 3 is 2.44 bits per heavy atom. The van der Waals surface area contributed by atoms with Gasteiger partial charge in [0.15, 0.2) is 0 Å². The van der Waals surface area contributed by atoms with E-state index in [0.29, 0.717) is 13.0 Å². The van der Waals surface area contributed by atoms with Crippen LogP contribution >= 0.6 is 0 Å². The highest BCUT2D eigenvalue weighted by atomic mass is 16.5. The molecule has 4 rings (SSSR count). The number of amides is 3. The van der Waals surface area contributed by atoms with Gasteiger partial charge in [-0.25, -0.2) is 4.79 Å². The van der Waals surface area contributed by atoms with Crippen molar-refractivity contribution in [3.8, 4) is 5.75 Å². The van der Waals surface area contributed by atoms with Gasteiger partial charge in [0.2, 0.25) is 5.91 Å². The number of hydrogen-bond donors (Lipinski definition) is 0. The summed E-state index contributed by atoms with van der Waals surface area (Å²) in [4.78, 5) is 41.7. The van der Waals surface area contributed by atoms with E-state index in [9.17, 15) is 14.4 Å². The van der Waals surface area contributed by atoms with Crippen molar-refractivity contribution in [2.45, 2.75) is 38.5 Å². The van der Waals surface area contributed by atoms with Crippen molar-refractivity contribution >= 4 is 23.4 Å². The molecule has 2 aliphatic rings. The number of rotatable bonds is 6. The number of hydrogen-bond acceptors (Lipinski definition) is 4. The van der Waals surface area contributed by atoms with Crippen molar-refractivity contribution in [1.29, 1.82) is 0 Å². The highest BCUT2D eigenvalue weighted by molar-refractivity contribution is 6.06. The lowest BCUT2D eigenvalue weighted by Gasteiger charge is -2.32. The zero-order valence-corrected chi connectivity index (χ0v) is 18.8. The molecule has 0 N–H and O–H groups in total. The molecule has 2 aromatic rings. The van der Waals surface area contributed by atoms with Crippen molar-refractivity contribution in [3.05, 3.63) is 59.7 Å². The summed E-state index contributed by atoms with van der Waals surface area (Å²) in [6.45, 7) is 0.420. The number of carbonyl (C=O) groups is 3. The van der Waals surface area contributed by atoms with Crippen LogP contribution in [-0.4, -0.2) is 43.3 Å². The number of methoxy groups -OCH3 is 1. The molecule has 3 amide bonds. The molecule has 0 unspecified atom stereocenters. The van der Waals surface area contributed by atoms with Gasteiger partial charge in [-0.3, -0.25) is 19.4 Å². The smallest absolute Gasteiger partial charge is 0.330 e. The van der Waals surface area contributed by atoms with Crippen LogP contribution in [0.25, 0.3) is 0 Å². The lowest BCUT2D eigenvalue weighted by Crippen LogP contribution is -2.46. The standard InChI is InChI=1S/C26H30N2O4/c1-27-22-9-5-3-7-20(22)16-25(30)28(26(27)31)17-18-11-13-19(14-12-18)23(29)15-21-8-4-6-10-24(21)32-2/h3-10,18-19H,11-17H2,1-2H3. The summed E-state index contributed by atoms with van der Waals surface area (Å²) >= 11 is 0. The SMILES string of the molecule is COc1ccccc1CC(=O)C1CCC(CN2C(=O)Cc3ccccc3N(C)C2=O)CC1. The summed E-state index contributed by atoms with van der Waals surface area (Å²) in [7, 11) is 3.34. The van der Waals surface area contributed by atoms with E-state index in [2.05, 4.69) is 0 Å². The molecular weight excluding hydrogens is 404 g/mol. The molecule has 1 aliphatic heterocycles. The quantitative estimate of drug-likeness (QED) is 0.682. The first kappa shape index (κ1) is 22.1. The maximum Gasteiger partial charge on any atom is 0.330 e. The Balaban J connectivity index is 1.35. The van der Waals surface area contributed by atoms with E-state index in [-0.39, 0.29) is 36.0 Å². The lowest BCUT2D eigenvalue weighted by molar-refractivity contribution is -0.128. The summed E-state index contributed by atoms with van der Waals surface area (Å²) in [6.07, 6.45) is 3.90. The summed E-state index contributed by atoms with van der Waals surface area (Å²) in [5, 5.41) is 0. The van der Waals surface area contributed by atoms with Gasteiger partial charge >= 0.3 is 6.03 Å². The van der Waals surface area contributed by atoms with Crippen molar-refractivity contribution in [3.63, 3.8) is 0 Å². The fourth-order valence-electron chi connectivity index (χ4n) is 4.92. The van der Waals surface area contributed by atoms with E-state index >= 15 is 0 Å². The number of nitrogens with zero attached hydrogens (tertiary/aromatic N) is 2. The fourth-order valence-corrected chi connectivity index (χ4v) is 4.92. The highest BCUT2D eigenvalue weighted by Gasteiger charge is 2.34. The number of anilines is 1. The molecular formula is C26H30N2O4. The molecule has 1 fully saturated rings. The van der Waals surface area contributed by atoms with Crippen LogP contribution in [-0.2, 0) is 22.4 Å². The van der Waals surface area contributed by atoms with Gasteiger partial charge in [-0.15, -0.1) is 0 Å². The number of urea groups is 1. The Hall–Kier alpha value is -3.15. The fraction of sp³-hybridized carbons (Fsp3) is 0.423. The Kier molecular flexibility index (Phi) is 6.58. The van der Waals surface area contributed by atoms with Crippen LogP contribution in [0.15, 0.2) is 48.5 Å². The number of para-hydroxylation sites is 2. The molecule has 0 atom stereocenters. The number of ketones is 1. The second kappa shape index (κ2) is 9.55. The molecule has 0 saturated heterocycles. The molecule has 1 saturated carbocycles.